The van der Waals surface area contributed by atoms with Crippen molar-refractivity contribution in [2.45, 2.75) is 45.7 Å². The molecule has 2 rings (SSSR count). The van der Waals surface area contributed by atoms with Gasteiger partial charge in [-0.25, -0.2) is 4.79 Å². The molecular formula is C16H21NO3. The lowest BCUT2D eigenvalue weighted by Gasteiger charge is -2.48. The lowest BCUT2D eigenvalue weighted by atomic mass is 9.73. The van der Waals surface area contributed by atoms with E-state index in [9.17, 15) is 14.7 Å². The van der Waals surface area contributed by atoms with Crippen LogP contribution in [0.2, 0.25) is 0 Å². The molecule has 1 amide bonds. The second kappa shape index (κ2) is 5.27. The van der Waals surface area contributed by atoms with Gasteiger partial charge in [-0.3, -0.25) is 4.79 Å². The zero-order valence-electron chi connectivity index (χ0n) is 12.2. The topological polar surface area (TPSA) is 57.6 Å². The van der Waals surface area contributed by atoms with Crippen molar-refractivity contribution >= 4 is 11.9 Å². The molecule has 4 nitrogen and oxygen atoms in total. The minimum Gasteiger partial charge on any atom is -0.480 e. The van der Waals surface area contributed by atoms with Gasteiger partial charge in [-0.2, -0.15) is 0 Å². The highest BCUT2D eigenvalue weighted by atomic mass is 16.4. The average Bonchev–Trinajstić information content (AvgIpc) is 2.37. The Hall–Kier alpha value is -1.84. The van der Waals surface area contributed by atoms with Crippen molar-refractivity contribution in [2.24, 2.45) is 5.41 Å². The van der Waals surface area contributed by atoms with E-state index in [0.29, 0.717) is 0 Å². The second-order valence-corrected chi connectivity index (χ2v) is 6.12. The molecule has 20 heavy (non-hydrogen) atoms. The summed E-state index contributed by atoms with van der Waals surface area (Å²) in [4.78, 5) is 25.3. The standard InChI is InChI=1S/C16H21NO3/c1-11(18)17-13(12-7-5-4-6-8-12)9-10-16(2,3)14(17)15(19)20/h4-8,13-14H,9-10H2,1-3H3,(H,19,20). The Bertz CT molecular complexity index is 510. The van der Waals surface area contributed by atoms with Gasteiger partial charge in [0.25, 0.3) is 0 Å². The zero-order valence-corrected chi connectivity index (χ0v) is 12.2. The number of hydrogen-bond acceptors (Lipinski definition) is 2. The Morgan fingerprint density at radius 3 is 2.35 bits per heavy atom. The summed E-state index contributed by atoms with van der Waals surface area (Å²) in [5.74, 6) is -1.11. The number of hydrogen-bond donors (Lipinski definition) is 1. The predicted molar refractivity (Wildman–Crippen MR) is 76.1 cm³/mol. The molecule has 108 valence electrons. The number of carbonyl (C=O) groups excluding carboxylic acids is 1. The number of benzene rings is 1. The van der Waals surface area contributed by atoms with Crippen molar-refractivity contribution in [3.8, 4) is 0 Å². The lowest BCUT2D eigenvalue weighted by Crippen LogP contribution is -2.56. The fraction of sp³-hybridized carbons (Fsp3) is 0.500. The second-order valence-electron chi connectivity index (χ2n) is 6.12. The maximum atomic E-state index is 12.0. The molecule has 0 radical (unpaired) electrons. The van der Waals surface area contributed by atoms with Crippen LogP contribution in [0.1, 0.15) is 45.2 Å². The molecule has 1 saturated heterocycles. The number of piperidine rings is 1. The molecule has 0 aromatic heterocycles. The van der Waals surface area contributed by atoms with Gasteiger partial charge in [-0.05, 0) is 23.8 Å². The van der Waals surface area contributed by atoms with E-state index >= 15 is 0 Å². The molecule has 1 heterocycles. The third-order valence-corrected chi connectivity index (χ3v) is 4.20. The molecule has 0 bridgehead atoms. The van der Waals surface area contributed by atoms with Crippen LogP contribution in [0.3, 0.4) is 0 Å². The van der Waals surface area contributed by atoms with E-state index in [1.165, 1.54) is 6.92 Å². The molecule has 0 spiro atoms. The van der Waals surface area contributed by atoms with Gasteiger partial charge in [0.05, 0.1) is 6.04 Å². The average molecular weight is 275 g/mol. The van der Waals surface area contributed by atoms with Gasteiger partial charge >= 0.3 is 5.97 Å². The number of carboxylic acid groups (broad SMARTS) is 1. The molecular weight excluding hydrogens is 254 g/mol. The van der Waals surface area contributed by atoms with Crippen LogP contribution in [0.4, 0.5) is 0 Å². The van der Waals surface area contributed by atoms with Crippen LogP contribution in [0.15, 0.2) is 30.3 Å². The van der Waals surface area contributed by atoms with Crippen LogP contribution in [0.25, 0.3) is 0 Å². The van der Waals surface area contributed by atoms with Gasteiger partial charge in [0.2, 0.25) is 5.91 Å². The fourth-order valence-corrected chi connectivity index (χ4v) is 3.20. The van der Waals surface area contributed by atoms with Crippen molar-refractivity contribution in [2.75, 3.05) is 0 Å². The number of rotatable bonds is 2. The Kier molecular flexibility index (Phi) is 3.84. The summed E-state index contributed by atoms with van der Waals surface area (Å²) in [6.45, 7) is 5.29. The Labute approximate surface area is 119 Å². The largest absolute Gasteiger partial charge is 0.480 e. The van der Waals surface area contributed by atoms with Crippen LogP contribution in [-0.4, -0.2) is 27.9 Å². The summed E-state index contributed by atoms with van der Waals surface area (Å²) in [5, 5.41) is 9.56. The van der Waals surface area contributed by atoms with Gasteiger partial charge < -0.3 is 10.0 Å². The molecule has 1 aliphatic heterocycles. The molecule has 1 aliphatic rings. The van der Waals surface area contributed by atoms with Crippen LogP contribution in [-0.2, 0) is 9.59 Å². The van der Waals surface area contributed by atoms with E-state index in [-0.39, 0.29) is 11.9 Å². The predicted octanol–water partition coefficient (Wildman–Crippen LogP) is 2.85. The third kappa shape index (κ3) is 2.55. The number of likely N-dealkylation sites (tertiary alicyclic amines) is 1. The van der Waals surface area contributed by atoms with Gasteiger partial charge in [0, 0.05) is 6.92 Å². The summed E-state index contributed by atoms with van der Waals surface area (Å²) in [6, 6.07) is 8.74. The van der Waals surface area contributed by atoms with E-state index in [1.54, 1.807) is 4.90 Å². The van der Waals surface area contributed by atoms with Crippen molar-refractivity contribution < 1.29 is 14.7 Å². The molecule has 2 atom stereocenters. The highest BCUT2D eigenvalue weighted by molar-refractivity contribution is 5.83. The van der Waals surface area contributed by atoms with E-state index in [4.69, 9.17) is 0 Å². The lowest BCUT2D eigenvalue weighted by molar-refractivity contribution is -0.162. The molecule has 2 unspecified atom stereocenters. The summed E-state index contributed by atoms with van der Waals surface area (Å²) >= 11 is 0. The van der Waals surface area contributed by atoms with Crippen molar-refractivity contribution in [1.82, 2.24) is 4.90 Å². The Balaban J connectivity index is 2.44. The maximum Gasteiger partial charge on any atom is 0.326 e. The quantitative estimate of drug-likeness (QED) is 0.903. The fourth-order valence-electron chi connectivity index (χ4n) is 3.20. The first-order chi connectivity index (χ1) is 9.34. The van der Waals surface area contributed by atoms with Crippen molar-refractivity contribution in [1.29, 1.82) is 0 Å². The molecule has 1 aromatic rings. The molecule has 1 fully saturated rings. The highest BCUT2D eigenvalue weighted by Crippen LogP contribution is 2.44. The molecule has 0 aliphatic carbocycles. The first kappa shape index (κ1) is 14.6. The number of carbonyl (C=O) groups is 2. The Morgan fingerprint density at radius 2 is 1.85 bits per heavy atom. The number of amides is 1. The highest BCUT2D eigenvalue weighted by Gasteiger charge is 2.47. The van der Waals surface area contributed by atoms with Crippen LogP contribution in [0, 0.1) is 5.41 Å². The van der Waals surface area contributed by atoms with Gasteiger partial charge in [0.15, 0.2) is 0 Å². The number of nitrogens with zero attached hydrogens (tertiary/aromatic N) is 1. The molecule has 4 heteroatoms. The van der Waals surface area contributed by atoms with Crippen LogP contribution in [0.5, 0.6) is 0 Å². The summed E-state index contributed by atoms with van der Waals surface area (Å²) in [5.41, 5.74) is 0.590. The smallest absolute Gasteiger partial charge is 0.326 e. The zero-order chi connectivity index (χ0) is 14.9. The van der Waals surface area contributed by atoms with E-state index in [2.05, 4.69) is 0 Å². The molecule has 0 saturated carbocycles. The first-order valence-electron chi connectivity index (χ1n) is 6.91. The number of carboxylic acids is 1. The van der Waals surface area contributed by atoms with Crippen LogP contribution >= 0.6 is 0 Å². The number of aliphatic carboxylic acids is 1. The minimum absolute atomic E-state index is 0.150. The maximum absolute atomic E-state index is 12.0. The van der Waals surface area contributed by atoms with Gasteiger partial charge in [-0.1, -0.05) is 44.2 Å². The molecule has 1 N–H and O–H groups in total. The third-order valence-electron chi connectivity index (χ3n) is 4.20. The minimum atomic E-state index is -0.925. The van der Waals surface area contributed by atoms with Crippen molar-refractivity contribution in [3.63, 3.8) is 0 Å². The van der Waals surface area contributed by atoms with Crippen LogP contribution < -0.4 is 0 Å². The SMILES string of the molecule is CC(=O)N1C(c2ccccc2)CCC(C)(C)C1C(=O)O. The van der Waals surface area contributed by atoms with E-state index < -0.39 is 17.4 Å². The first-order valence-corrected chi connectivity index (χ1v) is 6.91. The summed E-state index contributed by atoms with van der Waals surface area (Å²) in [6.07, 6.45) is 1.58. The van der Waals surface area contributed by atoms with Gasteiger partial charge in [0.1, 0.15) is 6.04 Å². The van der Waals surface area contributed by atoms with Crippen molar-refractivity contribution in [3.05, 3.63) is 35.9 Å². The monoisotopic (exact) mass is 275 g/mol. The Morgan fingerprint density at radius 1 is 1.25 bits per heavy atom. The normalized spacial score (nSPS) is 25.2. The van der Waals surface area contributed by atoms with E-state index in [1.807, 2.05) is 44.2 Å². The van der Waals surface area contributed by atoms with E-state index in [0.717, 1.165) is 18.4 Å². The molecule has 1 aromatic carbocycles. The van der Waals surface area contributed by atoms with Gasteiger partial charge in [-0.15, -0.1) is 0 Å². The summed E-state index contributed by atoms with van der Waals surface area (Å²) in [7, 11) is 0. The summed E-state index contributed by atoms with van der Waals surface area (Å²) < 4.78 is 0.